The summed E-state index contributed by atoms with van der Waals surface area (Å²) in [5.41, 5.74) is 0.466. The van der Waals surface area contributed by atoms with Crippen LogP contribution in [-0.2, 0) is 6.42 Å². The molecule has 21 heavy (non-hydrogen) atoms. The molecule has 0 unspecified atom stereocenters. The van der Waals surface area contributed by atoms with Gasteiger partial charge in [-0.15, -0.1) is 21.5 Å². The monoisotopic (exact) mass is 300 g/mol. The SMILES string of the molecule is O=C(O)c1nnc2ccccc2c1OCCc1cccs1. The Balaban J connectivity index is 1.90. The summed E-state index contributed by atoms with van der Waals surface area (Å²) in [4.78, 5) is 12.5. The van der Waals surface area contributed by atoms with Crippen LogP contribution in [0.15, 0.2) is 41.8 Å². The third-order valence-electron chi connectivity index (χ3n) is 3.00. The second-order valence-electron chi connectivity index (χ2n) is 4.38. The van der Waals surface area contributed by atoms with E-state index in [2.05, 4.69) is 10.2 Å². The standard InChI is InChI=1S/C15H12N2O3S/c18-15(19)13-14(20-8-7-10-4-3-9-21-10)11-5-1-2-6-12(11)16-17-13/h1-6,9H,7-8H2,(H,18,19). The van der Waals surface area contributed by atoms with Gasteiger partial charge in [0.15, 0.2) is 5.75 Å². The lowest BCUT2D eigenvalue weighted by Crippen LogP contribution is -2.09. The van der Waals surface area contributed by atoms with E-state index in [0.717, 1.165) is 6.42 Å². The Labute approximate surface area is 124 Å². The van der Waals surface area contributed by atoms with Gasteiger partial charge in [-0.2, -0.15) is 0 Å². The third kappa shape index (κ3) is 2.85. The largest absolute Gasteiger partial charge is 0.490 e. The van der Waals surface area contributed by atoms with Gasteiger partial charge in [0.1, 0.15) is 0 Å². The average molecular weight is 300 g/mol. The molecule has 0 aliphatic heterocycles. The first-order chi connectivity index (χ1) is 10.3. The van der Waals surface area contributed by atoms with Crippen LogP contribution in [0.2, 0.25) is 0 Å². The molecule has 2 aromatic heterocycles. The Morgan fingerprint density at radius 1 is 1.19 bits per heavy atom. The van der Waals surface area contributed by atoms with Crippen LogP contribution in [0.4, 0.5) is 0 Å². The Kier molecular flexibility index (Phi) is 3.79. The molecule has 0 aliphatic carbocycles. The number of aromatic carboxylic acids is 1. The van der Waals surface area contributed by atoms with Gasteiger partial charge >= 0.3 is 5.97 Å². The number of hydrogen-bond acceptors (Lipinski definition) is 5. The van der Waals surface area contributed by atoms with E-state index < -0.39 is 5.97 Å². The maximum Gasteiger partial charge on any atom is 0.360 e. The van der Waals surface area contributed by atoms with Gasteiger partial charge in [0.2, 0.25) is 5.69 Å². The van der Waals surface area contributed by atoms with E-state index in [9.17, 15) is 9.90 Å². The third-order valence-corrected chi connectivity index (χ3v) is 3.94. The zero-order valence-corrected chi connectivity index (χ0v) is 11.8. The van der Waals surface area contributed by atoms with Gasteiger partial charge in [0.25, 0.3) is 0 Å². The van der Waals surface area contributed by atoms with Crippen molar-refractivity contribution in [3.8, 4) is 5.75 Å². The molecule has 3 rings (SSSR count). The summed E-state index contributed by atoms with van der Waals surface area (Å²) in [6, 6.07) is 11.2. The minimum atomic E-state index is -1.14. The summed E-state index contributed by atoms with van der Waals surface area (Å²) in [7, 11) is 0. The van der Waals surface area contributed by atoms with E-state index in [0.29, 0.717) is 17.5 Å². The molecule has 1 aromatic carbocycles. The Morgan fingerprint density at radius 3 is 2.81 bits per heavy atom. The number of ether oxygens (including phenoxy) is 1. The van der Waals surface area contributed by atoms with Crippen LogP contribution < -0.4 is 4.74 Å². The van der Waals surface area contributed by atoms with Gasteiger partial charge in [-0.05, 0) is 23.6 Å². The van der Waals surface area contributed by atoms with Gasteiger partial charge in [0.05, 0.1) is 12.1 Å². The minimum absolute atomic E-state index is 0.153. The molecule has 0 saturated carbocycles. The molecule has 3 aromatic rings. The zero-order chi connectivity index (χ0) is 14.7. The number of nitrogens with zero attached hydrogens (tertiary/aromatic N) is 2. The lowest BCUT2D eigenvalue weighted by atomic mass is 10.2. The van der Waals surface area contributed by atoms with E-state index >= 15 is 0 Å². The second-order valence-corrected chi connectivity index (χ2v) is 5.41. The first kappa shape index (κ1) is 13.5. The average Bonchev–Trinajstić information content (AvgIpc) is 3.00. The zero-order valence-electron chi connectivity index (χ0n) is 11.0. The highest BCUT2D eigenvalue weighted by Gasteiger charge is 2.17. The van der Waals surface area contributed by atoms with Gasteiger partial charge in [0, 0.05) is 16.7 Å². The molecule has 0 bridgehead atoms. The van der Waals surface area contributed by atoms with Crippen molar-refractivity contribution in [1.82, 2.24) is 10.2 Å². The van der Waals surface area contributed by atoms with E-state index in [1.807, 2.05) is 29.6 Å². The number of hydrogen-bond donors (Lipinski definition) is 1. The Bertz CT molecular complexity index is 772. The minimum Gasteiger partial charge on any atom is -0.490 e. The number of carboxylic acid groups (broad SMARTS) is 1. The smallest absolute Gasteiger partial charge is 0.360 e. The van der Waals surface area contributed by atoms with E-state index in [1.165, 1.54) is 4.88 Å². The summed E-state index contributed by atoms with van der Waals surface area (Å²) in [6.07, 6.45) is 0.730. The Morgan fingerprint density at radius 2 is 2.05 bits per heavy atom. The summed E-state index contributed by atoms with van der Waals surface area (Å²) in [6.45, 7) is 0.399. The number of thiophene rings is 1. The molecule has 106 valence electrons. The highest BCUT2D eigenvalue weighted by molar-refractivity contribution is 7.09. The summed E-state index contributed by atoms with van der Waals surface area (Å²) < 4.78 is 5.71. The summed E-state index contributed by atoms with van der Waals surface area (Å²) >= 11 is 1.65. The first-order valence-corrected chi connectivity index (χ1v) is 7.27. The second kappa shape index (κ2) is 5.88. The van der Waals surface area contributed by atoms with E-state index in [1.54, 1.807) is 23.5 Å². The quantitative estimate of drug-likeness (QED) is 0.784. The molecule has 1 N–H and O–H groups in total. The highest BCUT2D eigenvalue weighted by Crippen LogP contribution is 2.27. The van der Waals surface area contributed by atoms with Crippen molar-refractivity contribution in [1.29, 1.82) is 0 Å². The summed E-state index contributed by atoms with van der Waals surface area (Å²) in [5.74, 6) is -0.857. The molecule has 0 atom stereocenters. The molecular formula is C15H12N2O3S. The molecule has 2 heterocycles. The maximum atomic E-state index is 11.3. The maximum absolute atomic E-state index is 11.3. The molecule has 0 aliphatic rings. The van der Waals surface area contributed by atoms with Crippen LogP contribution >= 0.6 is 11.3 Å². The molecule has 0 radical (unpaired) electrons. The van der Waals surface area contributed by atoms with Gasteiger partial charge in [-0.25, -0.2) is 4.79 Å². The van der Waals surface area contributed by atoms with Crippen molar-refractivity contribution < 1.29 is 14.6 Å². The van der Waals surface area contributed by atoms with Crippen LogP contribution in [0.1, 0.15) is 15.4 Å². The van der Waals surface area contributed by atoms with Crippen molar-refractivity contribution in [2.45, 2.75) is 6.42 Å². The molecule has 0 saturated heterocycles. The van der Waals surface area contributed by atoms with Crippen LogP contribution in [0.5, 0.6) is 5.75 Å². The normalized spacial score (nSPS) is 10.7. The fraction of sp³-hybridized carbons (Fsp3) is 0.133. The topological polar surface area (TPSA) is 72.3 Å². The fourth-order valence-electron chi connectivity index (χ4n) is 2.02. The number of carboxylic acids is 1. The predicted molar refractivity (Wildman–Crippen MR) is 80.0 cm³/mol. The van der Waals surface area contributed by atoms with Crippen molar-refractivity contribution >= 4 is 28.2 Å². The fourth-order valence-corrected chi connectivity index (χ4v) is 2.71. The van der Waals surface area contributed by atoms with Crippen molar-refractivity contribution in [3.05, 3.63) is 52.3 Å². The van der Waals surface area contributed by atoms with Crippen molar-refractivity contribution in [2.24, 2.45) is 0 Å². The highest BCUT2D eigenvalue weighted by atomic mass is 32.1. The van der Waals surface area contributed by atoms with Gasteiger partial charge in [-0.3, -0.25) is 0 Å². The van der Waals surface area contributed by atoms with Crippen LogP contribution in [0, 0.1) is 0 Å². The molecule has 0 spiro atoms. The number of benzene rings is 1. The predicted octanol–water partition coefficient (Wildman–Crippen LogP) is 3.01. The van der Waals surface area contributed by atoms with Gasteiger partial charge in [-0.1, -0.05) is 18.2 Å². The van der Waals surface area contributed by atoms with Crippen LogP contribution in [0.3, 0.4) is 0 Å². The Hall–Kier alpha value is -2.47. The molecule has 0 fully saturated rings. The van der Waals surface area contributed by atoms with Crippen LogP contribution in [-0.4, -0.2) is 27.9 Å². The number of fused-ring (bicyclic) bond motifs is 1. The lowest BCUT2D eigenvalue weighted by molar-refractivity contribution is 0.0684. The molecule has 0 amide bonds. The molecule has 6 heteroatoms. The molecular weight excluding hydrogens is 288 g/mol. The lowest BCUT2D eigenvalue weighted by Gasteiger charge is -2.10. The van der Waals surface area contributed by atoms with E-state index in [-0.39, 0.29) is 11.4 Å². The first-order valence-electron chi connectivity index (χ1n) is 6.39. The van der Waals surface area contributed by atoms with Crippen molar-refractivity contribution in [2.75, 3.05) is 6.61 Å². The van der Waals surface area contributed by atoms with Crippen LogP contribution in [0.25, 0.3) is 10.9 Å². The number of aromatic nitrogens is 2. The number of carbonyl (C=O) groups is 1. The van der Waals surface area contributed by atoms with E-state index in [4.69, 9.17) is 4.74 Å². The van der Waals surface area contributed by atoms with Crippen molar-refractivity contribution in [3.63, 3.8) is 0 Å². The number of rotatable bonds is 5. The summed E-state index contributed by atoms with van der Waals surface area (Å²) in [5, 5.41) is 19.6. The van der Waals surface area contributed by atoms with Gasteiger partial charge < -0.3 is 9.84 Å². The molecule has 5 nitrogen and oxygen atoms in total.